The van der Waals surface area contributed by atoms with Crippen LogP contribution in [0.3, 0.4) is 0 Å². The summed E-state index contributed by atoms with van der Waals surface area (Å²) in [5.74, 6) is 0.301. The lowest BCUT2D eigenvalue weighted by atomic mass is 10.0. The van der Waals surface area contributed by atoms with Gasteiger partial charge in [-0.25, -0.2) is 4.39 Å². The van der Waals surface area contributed by atoms with Gasteiger partial charge < -0.3 is 4.42 Å². The minimum absolute atomic E-state index is 0.166. The van der Waals surface area contributed by atoms with E-state index in [-0.39, 0.29) is 5.82 Å². The molecule has 2 rings (SSSR count). The molecule has 1 nitrogen and oxygen atoms in total. The predicted octanol–water partition coefficient (Wildman–Crippen LogP) is 3.77. The number of hydrogen-bond donors (Lipinski definition) is 0. The van der Waals surface area contributed by atoms with Crippen molar-refractivity contribution in [2.75, 3.05) is 0 Å². The quantitative estimate of drug-likeness (QED) is 0.705. The first-order valence-electron chi connectivity index (χ1n) is 4.82. The molecule has 0 saturated heterocycles. The smallest absolute Gasteiger partial charge is 0.136 e. The van der Waals surface area contributed by atoms with E-state index in [1.54, 1.807) is 6.26 Å². The molecule has 74 valence electrons. The highest BCUT2D eigenvalue weighted by atomic mass is 19.1. The van der Waals surface area contributed by atoms with Gasteiger partial charge in [0.25, 0.3) is 0 Å². The lowest BCUT2D eigenvalue weighted by Gasteiger charge is -2.05. The molecular weight excluding hydrogens is 179 g/mol. The SMILES string of the molecule is CC(C)Cc1cc2ccoc2cc1F. The molecule has 0 spiro atoms. The van der Waals surface area contributed by atoms with Crippen LogP contribution < -0.4 is 0 Å². The van der Waals surface area contributed by atoms with Gasteiger partial charge in [-0.1, -0.05) is 13.8 Å². The van der Waals surface area contributed by atoms with Gasteiger partial charge in [0, 0.05) is 11.5 Å². The molecular formula is C12H13FO. The van der Waals surface area contributed by atoms with E-state index in [4.69, 9.17) is 4.42 Å². The summed E-state index contributed by atoms with van der Waals surface area (Å²) in [5.41, 5.74) is 1.39. The van der Waals surface area contributed by atoms with Crippen LogP contribution >= 0.6 is 0 Å². The Morgan fingerprint density at radius 2 is 2.14 bits per heavy atom. The van der Waals surface area contributed by atoms with Gasteiger partial charge >= 0.3 is 0 Å². The summed E-state index contributed by atoms with van der Waals surface area (Å²) in [6, 6.07) is 5.19. The number of furan rings is 1. The molecule has 1 heterocycles. The van der Waals surface area contributed by atoms with Crippen molar-refractivity contribution in [3.05, 3.63) is 35.8 Å². The lowest BCUT2D eigenvalue weighted by Crippen LogP contribution is -1.97. The summed E-state index contributed by atoms with van der Waals surface area (Å²) in [7, 11) is 0. The first kappa shape index (κ1) is 9.25. The molecule has 0 bridgehead atoms. The average molecular weight is 192 g/mol. The second kappa shape index (κ2) is 3.45. The van der Waals surface area contributed by atoms with Gasteiger partial charge in [-0.15, -0.1) is 0 Å². The Bertz CT molecular complexity index is 443. The van der Waals surface area contributed by atoms with Crippen molar-refractivity contribution in [3.63, 3.8) is 0 Å². The molecule has 1 aromatic carbocycles. The van der Waals surface area contributed by atoms with E-state index in [2.05, 4.69) is 13.8 Å². The van der Waals surface area contributed by atoms with Gasteiger partial charge in [-0.3, -0.25) is 0 Å². The van der Waals surface area contributed by atoms with E-state index in [0.29, 0.717) is 11.5 Å². The zero-order valence-electron chi connectivity index (χ0n) is 8.38. The summed E-state index contributed by atoms with van der Waals surface area (Å²) in [4.78, 5) is 0. The van der Waals surface area contributed by atoms with E-state index in [1.165, 1.54) is 6.07 Å². The lowest BCUT2D eigenvalue weighted by molar-refractivity contribution is 0.567. The van der Waals surface area contributed by atoms with Gasteiger partial charge in [0.05, 0.1) is 6.26 Å². The van der Waals surface area contributed by atoms with E-state index in [0.717, 1.165) is 17.4 Å². The van der Waals surface area contributed by atoms with Crippen molar-refractivity contribution in [1.82, 2.24) is 0 Å². The number of rotatable bonds is 2. The van der Waals surface area contributed by atoms with E-state index in [9.17, 15) is 4.39 Å². The zero-order valence-corrected chi connectivity index (χ0v) is 8.38. The molecule has 0 atom stereocenters. The largest absolute Gasteiger partial charge is 0.464 e. The second-order valence-electron chi connectivity index (χ2n) is 4.00. The summed E-state index contributed by atoms with van der Waals surface area (Å²) < 4.78 is 18.6. The predicted molar refractivity (Wildman–Crippen MR) is 54.7 cm³/mol. The summed E-state index contributed by atoms with van der Waals surface area (Å²) in [6.07, 6.45) is 2.36. The van der Waals surface area contributed by atoms with Crippen LogP contribution in [0.1, 0.15) is 19.4 Å². The third-order valence-electron chi connectivity index (χ3n) is 2.25. The summed E-state index contributed by atoms with van der Waals surface area (Å²) in [5, 5.41) is 0.974. The maximum atomic E-state index is 13.5. The van der Waals surface area contributed by atoms with Gasteiger partial charge in [-0.2, -0.15) is 0 Å². The Kier molecular flexibility index (Phi) is 2.28. The van der Waals surface area contributed by atoms with Crippen molar-refractivity contribution in [2.45, 2.75) is 20.3 Å². The molecule has 0 saturated carbocycles. The molecule has 0 aliphatic carbocycles. The third-order valence-corrected chi connectivity index (χ3v) is 2.25. The molecule has 14 heavy (non-hydrogen) atoms. The van der Waals surface area contributed by atoms with Crippen LogP contribution in [0.25, 0.3) is 11.0 Å². The van der Waals surface area contributed by atoms with Crippen molar-refractivity contribution in [2.24, 2.45) is 5.92 Å². The minimum atomic E-state index is -0.166. The highest BCUT2D eigenvalue weighted by molar-refractivity contribution is 5.77. The van der Waals surface area contributed by atoms with Crippen LogP contribution in [0.5, 0.6) is 0 Å². The molecule has 0 amide bonds. The Labute approximate surface area is 82.5 Å². The Hall–Kier alpha value is -1.31. The fourth-order valence-electron chi connectivity index (χ4n) is 1.63. The molecule has 0 radical (unpaired) electrons. The third kappa shape index (κ3) is 1.65. The minimum Gasteiger partial charge on any atom is -0.464 e. The molecule has 0 aliphatic heterocycles. The van der Waals surface area contributed by atoms with E-state index < -0.39 is 0 Å². The number of benzene rings is 1. The maximum absolute atomic E-state index is 13.5. The van der Waals surface area contributed by atoms with Gasteiger partial charge in [-0.05, 0) is 30.0 Å². The molecule has 1 aromatic heterocycles. The maximum Gasteiger partial charge on any atom is 0.136 e. The van der Waals surface area contributed by atoms with Crippen molar-refractivity contribution >= 4 is 11.0 Å². The van der Waals surface area contributed by atoms with E-state index >= 15 is 0 Å². The monoisotopic (exact) mass is 192 g/mol. The Morgan fingerprint density at radius 1 is 1.36 bits per heavy atom. The summed E-state index contributed by atoms with van der Waals surface area (Å²) in [6.45, 7) is 4.16. The highest BCUT2D eigenvalue weighted by Crippen LogP contribution is 2.22. The first-order chi connectivity index (χ1) is 6.66. The van der Waals surface area contributed by atoms with Gasteiger partial charge in [0.2, 0.25) is 0 Å². The topological polar surface area (TPSA) is 13.1 Å². The van der Waals surface area contributed by atoms with Crippen LogP contribution in [0.2, 0.25) is 0 Å². The number of fused-ring (bicyclic) bond motifs is 1. The average Bonchev–Trinajstić information content (AvgIpc) is 2.51. The van der Waals surface area contributed by atoms with Crippen LogP contribution in [0.15, 0.2) is 28.9 Å². The molecule has 0 fully saturated rings. The molecule has 2 aromatic rings. The number of halogens is 1. The van der Waals surface area contributed by atoms with Crippen molar-refractivity contribution < 1.29 is 8.81 Å². The van der Waals surface area contributed by atoms with Crippen molar-refractivity contribution in [3.8, 4) is 0 Å². The fourth-order valence-corrected chi connectivity index (χ4v) is 1.63. The highest BCUT2D eigenvalue weighted by Gasteiger charge is 2.07. The van der Waals surface area contributed by atoms with Crippen LogP contribution in [0, 0.1) is 11.7 Å². The fraction of sp³-hybridized carbons (Fsp3) is 0.333. The molecule has 0 unspecified atom stereocenters. The van der Waals surface area contributed by atoms with Crippen molar-refractivity contribution in [1.29, 1.82) is 0 Å². The molecule has 2 heteroatoms. The first-order valence-corrected chi connectivity index (χ1v) is 4.82. The van der Waals surface area contributed by atoms with Crippen LogP contribution in [-0.2, 0) is 6.42 Å². The standard InChI is InChI=1S/C12H13FO/c1-8(2)5-10-6-9-3-4-14-12(9)7-11(10)13/h3-4,6-8H,5H2,1-2H3. The molecule has 0 aliphatic rings. The van der Waals surface area contributed by atoms with Gasteiger partial charge in [0.15, 0.2) is 0 Å². The Morgan fingerprint density at radius 3 is 2.86 bits per heavy atom. The van der Waals surface area contributed by atoms with E-state index in [1.807, 2.05) is 12.1 Å². The van der Waals surface area contributed by atoms with Crippen LogP contribution in [-0.4, -0.2) is 0 Å². The van der Waals surface area contributed by atoms with Gasteiger partial charge in [0.1, 0.15) is 11.4 Å². The molecule has 0 N–H and O–H groups in total. The normalized spacial score (nSPS) is 11.4. The second-order valence-corrected chi connectivity index (χ2v) is 4.00. The number of hydrogen-bond acceptors (Lipinski definition) is 1. The zero-order chi connectivity index (χ0) is 10.1. The Balaban J connectivity index is 2.48. The van der Waals surface area contributed by atoms with Crippen LogP contribution in [0.4, 0.5) is 4.39 Å². The summed E-state index contributed by atoms with van der Waals surface area (Å²) >= 11 is 0.